The maximum absolute atomic E-state index is 14.6. The largest absolute Gasteiger partial charge is 1.00 e. The Morgan fingerprint density at radius 2 is 1.37 bits per heavy atom. The molecule has 2 unspecified atom stereocenters. The van der Waals surface area contributed by atoms with Gasteiger partial charge in [-0.1, -0.05) is 91.0 Å². The molecule has 3 amide bonds. The molecule has 0 saturated carbocycles. The van der Waals surface area contributed by atoms with Gasteiger partial charge >= 0.3 is 0 Å². The van der Waals surface area contributed by atoms with E-state index in [1.165, 1.54) is 13.0 Å². The van der Waals surface area contributed by atoms with Crippen LogP contribution in [0.4, 0.5) is 0 Å². The summed E-state index contributed by atoms with van der Waals surface area (Å²) in [6, 6.07) is 28.8. The van der Waals surface area contributed by atoms with Crippen LogP contribution < -0.4 is 17.7 Å². The molecule has 0 radical (unpaired) electrons. The number of carbonyl (C=O) groups excluding carboxylic acids is 3. The van der Waals surface area contributed by atoms with Crippen LogP contribution in [0.15, 0.2) is 91.0 Å². The summed E-state index contributed by atoms with van der Waals surface area (Å²) in [6.07, 6.45) is 3.93. The molecule has 5 fully saturated rings. The van der Waals surface area contributed by atoms with Gasteiger partial charge in [0.05, 0.1) is 24.6 Å². The number of rotatable bonds is 9. The van der Waals surface area contributed by atoms with Crippen LogP contribution in [0, 0.1) is 5.92 Å². The van der Waals surface area contributed by atoms with Crippen molar-refractivity contribution in [1.82, 2.24) is 15.1 Å². The number of likely N-dealkylation sites (tertiary alicyclic amines) is 2. The van der Waals surface area contributed by atoms with Crippen LogP contribution in [0.25, 0.3) is 0 Å². The van der Waals surface area contributed by atoms with Crippen molar-refractivity contribution in [2.24, 2.45) is 5.92 Å². The average Bonchev–Trinajstić information content (AvgIpc) is 3.48. The van der Waals surface area contributed by atoms with Gasteiger partial charge in [0, 0.05) is 38.4 Å². The molecule has 0 aliphatic carbocycles. The third-order valence-electron chi connectivity index (χ3n) is 12.2. The van der Waals surface area contributed by atoms with E-state index in [1.807, 2.05) is 54.6 Å². The molecule has 9 nitrogen and oxygen atoms in total. The molecule has 5 heterocycles. The highest BCUT2D eigenvalue weighted by molar-refractivity contribution is 5.93. The molecule has 51 heavy (non-hydrogen) atoms. The number of hydrogen-bond acceptors (Lipinski definition) is 5. The predicted octanol–water partition coefficient (Wildman–Crippen LogP) is 0.492. The number of nitrogens with one attached hydrogen (secondary N) is 1. The zero-order valence-electron chi connectivity index (χ0n) is 29.1. The number of hydrogen-bond donors (Lipinski definition) is 2. The Morgan fingerprint density at radius 1 is 0.784 bits per heavy atom. The second-order valence-corrected chi connectivity index (χ2v) is 15.4. The van der Waals surface area contributed by atoms with Crippen molar-refractivity contribution in [3.63, 3.8) is 0 Å². The summed E-state index contributed by atoms with van der Waals surface area (Å²) in [5.41, 5.74) is 2.11. The van der Waals surface area contributed by atoms with Crippen LogP contribution >= 0.6 is 0 Å². The molecule has 3 aromatic carbocycles. The zero-order valence-corrected chi connectivity index (χ0v) is 29.9. The summed E-state index contributed by atoms with van der Waals surface area (Å²) in [5, 5.41) is 14.1. The number of β-amino-alcohol motifs (C(OH)–C–C–N with tert-alkyl or cyclic N) is 1. The minimum Gasteiger partial charge on any atom is -1.00 e. The topological polar surface area (TPSA) is 102 Å². The number of morpholine rings is 1. The van der Waals surface area contributed by atoms with E-state index in [9.17, 15) is 19.5 Å². The van der Waals surface area contributed by atoms with Crippen molar-refractivity contribution < 1.29 is 41.1 Å². The Morgan fingerprint density at radius 3 is 1.96 bits per heavy atom. The molecular formula is C41H49ClN4O5. The molecule has 5 aliphatic heterocycles. The van der Waals surface area contributed by atoms with Gasteiger partial charge in [-0.15, -0.1) is 0 Å². The Labute approximate surface area is 306 Å². The predicted molar refractivity (Wildman–Crippen MR) is 189 cm³/mol. The fraction of sp³-hybridized carbons (Fsp3) is 0.488. The Hall–Kier alpha value is -3.76. The van der Waals surface area contributed by atoms with E-state index in [0.29, 0.717) is 37.6 Å². The van der Waals surface area contributed by atoms with E-state index in [-0.39, 0.29) is 49.5 Å². The molecule has 1 spiro atoms. The summed E-state index contributed by atoms with van der Waals surface area (Å²) in [7, 11) is 0. The number of carbonyl (C=O) groups is 3. The number of benzene rings is 3. The van der Waals surface area contributed by atoms with Crippen LogP contribution in [-0.4, -0.2) is 113 Å². The van der Waals surface area contributed by atoms with Crippen molar-refractivity contribution in [1.29, 1.82) is 0 Å². The highest BCUT2D eigenvalue weighted by Crippen LogP contribution is 2.43. The molecule has 5 aliphatic rings. The molecule has 2 N–H and O–H groups in total. The van der Waals surface area contributed by atoms with Crippen molar-refractivity contribution in [3.05, 3.63) is 108 Å². The van der Waals surface area contributed by atoms with Crippen molar-refractivity contribution in [2.45, 2.75) is 74.3 Å². The Kier molecular flexibility index (Phi) is 10.3. The lowest BCUT2D eigenvalue weighted by Gasteiger charge is -2.42. The fourth-order valence-electron chi connectivity index (χ4n) is 9.77. The maximum Gasteiger partial charge on any atom is 0.246 e. The van der Waals surface area contributed by atoms with Crippen LogP contribution in [-0.2, 0) is 24.5 Å². The van der Waals surface area contributed by atoms with Crippen LogP contribution in [0.1, 0.15) is 55.2 Å². The summed E-state index contributed by atoms with van der Waals surface area (Å²) in [5.74, 6) is -0.118. The second kappa shape index (κ2) is 14.7. The molecule has 6 atom stereocenters. The first-order chi connectivity index (χ1) is 24.3. The van der Waals surface area contributed by atoms with E-state index in [0.717, 1.165) is 53.6 Å². The molecular weight excluding hydrogens is 664 g/mol. The molecule has 0 aromatic heterocycles. The normalized spacial score (nSPS) is 29.7. The van der Waals surface area contributed by atoms with Gasteiger partial charge in [0.1, 0.15) is 37.4 Å². The number of piperidine rings is 1. The van der Waals surface area contributed by atoms with Gasteiger partial charge in [0.15, 0.2) is 0 Å². The number of quaternary nitrogens is 1. The summed E-state index contributed by atoms with van der Waals surface area (Å²) < 4.78 is 6.83. The van der Waals surface area contributed by atoms with Gasteiger partial charge in [0.25, 0.3) is 0 Å². The number of aliphatic hydroxyl groups is 1. The first kappa shape index (κ1) is 35.6. The first-order valence-corrected chi connectivity index (χ1v) is 18.6. The van der Waals surface area contributed by atoms with E-state index < -0.39 is 23.6 Å². The van der Waals surface area contributed by atoms with Gasteiger partial charge in [-0.2, -0.15) is 0 Å². The molecule has 8 rings (SSSR count). The van der Waals surface area contributed by atoms with Crippen LogP contribution in [0.3, 0.4) is 0 Å². The standard InChI is InChI=1S/C41H48N4O5.ClH/c46-33-22-35(40(49)43-20-10-19-34(43)39(48)42-24-29-12-11-21-45(26-29)27-36-37(28-45)50-36)44(25-33)38(47)23-41(30-13-4-1-5-14-30,31-15-6-2-7-16-31)32-17-8-3-9-18-32;/h1-9,13-18,29,33-37,46H,10-12,19-28H2;1H/t29-,33-,34-,35+,36?,37?,45?;/m1./s1. The van der Waals surface area contributed by atoms with Gasteiger partial charge in [0.2, 0.25) is 17.7 Å². The number of amides is 3. The molecule has 0 bridgehead atoms. The smallest absolute Gasteiger partial charge is 0.246 e. The number of nitrogens with zero attached hydrogens (tertiary/aromatic N) is 3. The monoisotopic (exact) mass is 712 g/mol. The van der Waals surface area contributed by atoms with E-state index in [1.54, 1.807) is 9.80 Å². The van der Waals surface area contributed by atoms with Crippen molar-refractivity contribution in [2.75, 3.05) is 45.8 Å². The Balaban J connectivity index is 0.00000406. The van der Waals surface area contributed by atoms with Crippen LogP contribution in [0.5, 0.6) is 0 Å². The average molecular weight is 713 g/mol. The second-order valence-electron chi connectivity index (χ2n) is 15.4. The molecule has 10 heteroatoms. The van der Waals surface area contributed by atoms with Gasteiger partial charge < -0.3 is 41.9 Å². The number of ether oxygens (including phenoxy) is 1. The van der Waals surface area contributed by atoms with Crippen molar-refractivity contribution in [3.8, 4) is 0 Å². The third-order valence-corrected chi connectivity index (χ3v) is 12.2. The zero-order chi connectivity index (χ0) is 34.3. The molecule has 3 aromatic rings. The lowest BCUT2D eigenvalue weighted by molar-refractivity contribution is -0.930. The highest BCUT2D eigenvalue weighted by atomic mass is 35.5. The van der Waals surface area contributed by atoms with Gasteiger partial charge in [-0.3, -0.25) is 14.4 Å². The lowest BCUT2D eigenvalue weighted by Crippen LogP contribution is -3.00. The lowest BCUT2D eigenvalue weighted by atomic mass is 9.67. The minimum absolute atomic E-state index is 0. The molecule has 270 valence electrons. The van der Waals surface area contributed by atoms with Crippen molar-refractivity contribution >= 4 is 17.7 Å². The third kappa shape index (κ3) is 6.93. The maximum atomic E-state index is 14.6. The van der Waals surface area contributed by atoms with Crippen LogP contribution in [0.2, 0.25) is 0 Å². The summed E-state index contributed by atoms with van der Waals surface area (Å²) in [6.45, 7) is 5.68. The highest BCUT2D eigenvalue weighted by Gasteiger charge is 2.58. The van der Waals surface area contributed by atoms with Gasteiger partial charge in [-0.05, 0) is 42.4 Å². The summed E-state index contributed by atoms with van der Waals surface area (Å²) >= 11 is 0. The minimum atomic E-state index is -0.822. The first-order valence-electron chi connectivity index (χ1n) is 18.6. The number of fused-ring (bicyclic) bond motifs is 1. The molecule has 5 saturated heterocycles. The SMILES string of the molecule is O=C(NC[C@H]1CCC[N+]2(CC3OC3C2)C1)[C@H]1CCCN1C(=O)[C@@H]1C[C@@H](O)CN1C(=O)CC(c1ccccc1)(c1ccccc1)c1ccccc1.[Cl-]. The summed E-state index contributed by atoms with van der Waals surface area (Å²) in [4.78, 5) is 45.9. The quantitative estimate of drug-likeness (QED) is 0.191. The van der Waals surface area contributed by atoms with E-state index in [2.05, 4.69) is 41.7 Å². The fourth-order valence-corrected chi connectivity index (χ4v) is 9.77. The van der Waals surface area contributed by atoms with Gasteiger partial charge in [-0.25, -0.2) is 0 Å². The number of epoxide rings is 1. The Bertz CT molecular complexity index is 1590. The number of aliphatic hydroxyl groups excluding tert-OH is 1. The van der Waals surface area contributed by atoms with E-state index in [4.69, 9.17) is 4.74 Å². The number of halogens is 1. The van der Waals surface area contributed by atoms with E-state index >= 15 is 0 Å².